The molecule has 0 unspecified atom stereocenters. The topological polar surface area (TPSA) is 63.2 Å². The number of hydrogen-bond acceptors (Lipinski definition) is 4. The third-order valence-electron chi connectivity index (χ3n) is 4.20. The molecular weight excluding hydrogens is 326 g/mol. The average molecular weight is 349 g/mol. The Morgan fingerprint density at radius 3 is 2.77 bits per heavy atom. The number of hydrogen-bond donors (Lipinski definition) is 2. The molecule has 0 atom stereocenters. The van der Waals surface area contributed by atoms with Crippen molar-refractivity contribution in [1.29, 1.82) is 0 Å². The number of carbonyl (C=O) groups is 1. The van der Waals surface area contributed by atoms with Gasteiger partial charge in [0.1, 0.15) is 5.75 Å². The Morgan fingerprint density at radius 2 is 1.88 bits per heavy atom. The van der Waals surface area contributed by atoms with E-state index in [-0.39, 0.29) is 5.91 Å². The molecule has 1 heterocycles. The van der Waals surface area contributed by atoms with Crippen LogP contribution in [-0.2, 0) is 11.2 Å². The zero-order chi connectivity index (χ0) is 18.2. The van der Waals surface area contributed by atoms with Gasteiger partial charge in [-0.2, -0.15) is 0 Å². The molecule has 2 N–H and O–H groups in total. The summed E-state index contributed by atoms with van der Waals surface area (Å²) < 4.78 is 5.34. The number of amides is 1. The molecule has 0 bridgehead atoms. The molecule has 3 rings (SSSR count). The number of aromatic nitrogens is 1. The van der Waals surface area contributed by atoms with Gasteiger partial charge in [0, 0.05) is 24.5 Å². The largest absolute Gasteiger partial charge is 0.496 e. The molecule has 134 valence electrons. The Balaban J connectivity index is 1.44. The maximum atomic E-state index is 12.2. The first-order chi connectivity index (χ1) is 12.8. The molecule has 0 radical (unpaired) electrons. The number of benzene rings is 2. The van der Waals surface area contributed by atoms with Crippen LogP contribution in [0.15, 0.2) is 60.8 Å². The van der Waals surface area contributed by atoms with Crippen LogP contribution in [0.1, 0.15) is 12.0 Å². The van der Waals surface area contributed by atoms with Gasteiger partial charge in [-0.3, -0.25) is 9.78 Å². The van der Waals surface area contributed by atoms with Gasteiger partial charge in [0.2, 0.25) is 5.91 Å². The van der Waals surface area contributed by atoms with Gasteiger partial charge in [0.05, 0.1) is 18.3 Å². The third-order valence-corrected chi connectivity index (χ3v) is 4.20. The van der Waals surface area contributed by atoms with Gasteiger partial charge in [-0.15, -0.1) is 0 Å². The minimum absolute atomic E-state index is 0.0204. The molecule has 1 amide bonds. The molecule has 0 saturated carbocycles. The van der Waals surface area contributed by atoms with Crippen molar-refractivity contribution in [3.05, 3.63) is 66.4 Å². The molecule has 0 aliphatic rings. The highest BCUT2D eigenvalue weighted by molar-refractivity contribution is 6.00. The number of carbonyl (C=O) groups excluding carboxylic acids is 1. The van der Waals surface area contributed by atoms with Crippen molar-refractivity contribution in [1.82, 2.24) is 10.3 Å². The van der Waals surface area contributed by atoms with Crippen LogP contribution in [0.5, 0.6) is 5.75 Å². The van der Waals surface area contributed by atoms with Crippen LogP contribution in [0.2, 0.25) is 0 Å². The summed E-state index contributed by atoms with van der Waals surface area (Å²) in [6.45, 7) is 1.42. The van der Waals surface area contributed by atoms with Crippen LogP contribution in [0.4, 0.5) is 5.69 Å². The van der Waals surface area contributed by atoms with Gasteiger partial charge in [-0.05, 0) is 36.7 Å². The van der Waals surface area contributed by atoms with Crippen molar-refractivity contribution >= 4 is 22.5 Å². The van der Waals surface area contributed by atoms with E-state index in [2.05, 4.69) is 21.7 Å². The average Bonchev–Trinajstić information content (AvgIpc) is 2.68. The summed E-state index contributed by atoms with van der Waals surface area (Å²) in [7, 11) is 1.68. The van der Waals surface area contributed by atoms with Crippen LogP contribution < -0.4 is 15.4 Å². The maximum Gasteiger partial charge on any atom is 0.225 e. The van der Waals surface area contributed by atoms with Crippen molar-refractivity contribution in [3.8, 4) is 5.75 Å². The molecule has 0 saturated heterocycles. The summed E-state index contributed by atoms with van der Waals surface area (Å²) in [5.41, 5.74) is 2.73. The van der Waals surface area contributed by atoms with E-state index in [0.29, 0.717) is 13.0 Å². The van der Waals surface area contributed by atoms with E-state index in [1.165, 1.54) is 0 Å². The predicted octanol–water partition coefficient (Wildman–Crippen LogP) is 3.40. The van der Waals surface area contributed by atoms with E-state index in [9.17, 15) is 4.79 Å². The number of nitrogens with one attached hydrogen (secondary N) is 2. The highest BCUT2D eigenvalue weighted by Crippen LogP contribution is 2.20. The Bertz CT molecular complexity index is 875. The lowest BCUT2D eigenvalue weighted by Gasteiger charge is -2.10. The molecule has 2 aromatic carbocycles. The van der Waals surface area contributed by atoms with Crippen molar-refractivity contribution in [3.63, 3.8) is 0 Å². The fourth-order valence-electron chi connectivity index (χ4n) is 2.88. The van der Waals surface area contributed by atoms with Crippen LogP contribution >= 0.6 is 0 Å². The molecule has 0 aliphatic carbocycles. The molecule has 5 heteroatoms. The second kappa shape index (κ2) is 8.97. The van der Waals surface area contributed by atoms with E-state index in [1.807, 2.05) is 48.5 Å². The van der Waals surface area contributed by atoms with Crippen molar-refractivity contribution < 1.29 is 9.53 Å². The molecule has 26 heavy (non-hydrogen) atoms. The number of anilines is 1. The van der Waals surface area contributed by atoms with E-state index < -0.39 is 0 Å². The summed E-state index contributed by atoms with van der Waals surface area (Å²) in [6, 6.07) is 17.6. The smallest absolute Gasteiger partial charge is 0.225 e. The second-order valence-corrected chi connectivity index (χ2v) is 5.99. The molecule has 0 aliphatic heterocycles. The zero-order valence-electron chi connectivity index (χ0n) is 14.9. The number of rotatable bonds is 8. The van der Waals surface area contributed by atoms with Gasteiger partial charge >= 0.3 is 0 Å². The highest BCUT2D eigenvalue weighted by atomic mass is 16.5. The lowest BCUT2D eigenvalue weighted by atomic mass is 10.1. The maximum absolute atomic E-state index is 12.2. The van der Waals surface area contributed by atoms with E-state index in [1.54, 1.807) is 13.3 Å². The standard InChI is InChI=1S/C21H23N3O2/c1-26-19-10-3-2-6-16(19)11-14-22-15-12-20(25)24-18-9-4-7-17-8-5-13-23-21(17)18/h2-10,13,22H,11-12,14-15H2,1H3,(H,24,25). The number of ether oxygens (including phenoxy) is 1. The van der Waals surface area contributed by atoms with Crippen molar-refractivity contribution in [2.45, 2.75) is 12.8 Å². The zero-order valence-corrected chi connectivity index (χ0v) is 14.9. The van der Waals surface area contributed by atoms with Crippen molar-refractivity contribution in [2.75, 3.05) is 25.5 Å². The summed E-state index contributed by atoms with van der Waals surface area (Å²) >= 11 is 0. The predicted molar refractivity (Wildman–Crippen MR) is 105 cm³/mol. The summed E-state index contributed by atoms with van der Waals surface area (Å²) in [5, 5.41) is 7.27. The third kappa shape index (κ3) is 4.58. The molecule has 0 spiro atoms. The van der Waals surface area contributed by atoms with Gasteiger partial charge in [-0.1, -0.05) is 36.4 Å². The minimum Gasteiger partial charge on any atom is -0.496 e. The monoisotopic (exact) mass is 349 g/mol. The van der Waals surface area contributed by atoms with E-state index >= 15 is 0 Å². The van der Waals surface area contributed by atoms with Crippen LogP contribution in [0.25, 0.3) is 10.9 Å². The minimum atomic E-state index is -0.0204. The number of pyridine rings is 1. The van der Waals surface area contributed by atoms with Gasteiger partial charge < -0.3 is 15.4 Å². The first-order valence-corrected chi connectivity index (χ1v) is 8.74. The summed E-state index contributed by atoms with van der Waals surface area (Å²) in [4.78, 5) is 16.5. The van der Waals surface area contributed by atoms with Crippen molar-refractivity contribution in [2.24, 2.45) is 0 Å². The van der Waals surface area contributed by atoms with Gasteiger partial charge in [0.15, 0.2) is 0 Å². The first kappa shape index (κ1) is 17.9. The number of nitrogens with zero attached hydrogens (tertiary/aromatic N) is 1. The lowest BCUT2D eigenvalue weighted by Crippen LogP contribution is -2.23. The first-order valence-electron chi connectivity index (χ1n) is 8.74. The number of methoxy groups -OCH3 is 1. The lowest BCUT2D eigenvalue weighted by molar-refractivity contribution is -0.116. The fraction of sp³-hybridized carbons (Fsp3) is 0.238. The quantitative estimate of drug-likeness (QED) is 0.612. The fourth-order valence-corrected chi connectivity index (χ4v) is 2.88. The number of fused-ring (bicyclic) bond motifs is 1. The molecule has 3 aromatic rings. The van der Waals surface area contributed by atoms with Gasteiger partial charge in [0.25, 0.3) is 0 Å². The van der Waals surface area contributed by atoms with Gasteiger partial charge in [-0.25, -0.2) is 0 Å². The Morgan fingerprint density at radius 1 is 1.04 bits per heavy atom. The SMILES string of the molecule is COc1ccccc1CCNCCC(=O)Nc1cccc2cccnc12. The molecular formula is C21H23N3O2. The highest BCUT2D eigenvalue weighted by Gasteiger charge is 2.06. The normalized spacial score (nSPS) is 10.7. The molecule has 1 aromatic heterocycles. The second-order valence-electron chi connectivity index (χ2n) is 5.99. The summed E-state index contributed by atoms with van der Waals surface area (Å²) in [6.07, 6.45) is 3.01. The Hall–Kier alpha value is -2.92. The van der Waals surface area contributed by atoms with E-state index in [0.717, 1.165) is 40.9 Å². The number of para-hydroxylation sites is 2. The van der Waals surface area contributed by atoms with Crippen LogP contribution in [0, 0.1) is 0 Å². The van der Waals surface area contributed by atoms with E-state index in [4.69, 9.17) is 4.74 Å². The molecule has 5 nitrogen and oxygen atoms in total. The molecule has 0 fully saturated rings. The van der Waals surface area contributed by atoms with Crippen LogP contribution in [-0.4, -0.2) is 31.1 Å². The Kier molecular flexibility index (Phi) is 6.17. The Labute approximate surface area is 153 Å². The summed E-state index contributed by atoms with van der Waals surface area (Å²) in [5.74, 6) is 0.878. The van der Waals surface area contributed by atoms with Crippen LogP contribution in [0.3, 0.4) is 0 Å².